The Kier molecular flexibility index (Phi) is 5.27. The smallest absolute Gasteiger partial charge is 0.323 e. The molecule has 0 saturated heterocycles. The third-order valence-corrected chi connectivity index (χ3v) is 2.83. The topological polar surface area (TPSA) is 51.5 Å². The largest absolute Gasteiger partial charge is 0.468 e. The molecule has 0 fully saturated rings. The summed E-state index contributed by atoms with van der Waals surface area (Å²) in [6.45, 7) is 4.47. The Balaban J connectivity index is 2.53. The fourth-order valence-corrected chi connectivity index (χ4v) is 1.84. The number of furan rings is 1. The second-order valence-electron chi connectivity index (χ2n) is 3.83. The summed E-state index contributed by atoms with van der Waals surface area (Å²) in [7, 11) is 1.40. The summed E-state index contributed by atoms with van der Waals surface area (Å²) in [6.07, 6.45) is 0. The Morgan fingerprint density at radius 1 is 1.56 bits per heavy atom. The summed E-state index contributed by atoms with van der Waals surface area (Å²) in [5.74, 6) is 0.761. The van der Waals surface area contributed by atoms with E-state index in [1.807, 2.05) is 26.0 Å². The van der Waals surface area contributed by atoms with E-state index in [4.69, 9.17) is 9.15 Å². The molecule has 1 aromatic rings. The molecule has 0 radical (unpaired) electrons. The van der Waals surface area contributed by atoms with Crippen LogP contribution in [0.15, 0.2) is 16.5 Å². The van der Waals surface area contributed by atoms with E-state index in [1.165, 1.54) is 7.11 Å². The SMILES string of the molecule is COC(=O)C(NCc1ccc(I)o1)C(C)C. The van der Waals surface area contributed by atoms with E-state index in [-0.39, 0.29) is 17.9 Å². The molecule has 5 heteroatoms. The predicted molar refractivity (Wildman–Crippen MR) is 68.9 cm³/mol. The molecule has 0 bridgehead atoms. The quantitative estimate of drug-likeness (QED) is 0.661. The van der Waals surface area contributed by atoms with Crippen molar-refractivity contribution < 1.29 is 13.9 Å². The highest BCUT2D eigenvalue weighted by Gasteiger charge is 2.22. The van der Waals surface area contributed by atoms with Crippen molar-refractivity contribution >= 4 is 28.6 Å². The molecular formula is C11H16INO3. The number of hydrogen-bond acceptors (Lipinski definition) is 4. The van der Waals surface area contributed by atoms with Crippen LogP contribution in [0.4, 0.5) is 0 Å². The van der Waals surface area contributed by atoms with E-state index >= 15 is 0 Å². The lowest BCUT2D eigenvalue weighted by Gasteiger charge is -2.18. The first-order valence-corrected chi connectivity index (χ1v) is 6.18. The normalized spacial score (nSPS) is 12.8. The Hall–Kier alpha value is -0.560. The molecule has 1 N–H and O–H groups in total. The van der Waals surface area contributed by atoms with Crippen LogP contribution in [-0.2, 0) is 16.1 Å². The number of halogens is 1. The number of nitrogens with one attached hydrogen (secondary N) is 1. The molecule has 1 unspecified atom stereocenters. The average Bonchev–Trinajstić information content (AvgIpc) is 2.63. The number of rotatable bonds is 5. The van der Waals surface area contributed by atoms with Gasteiger partial charge in [-0.15, -0.1) is 0 Å². The van der Waals surface area contributed by atoms with E-state index in [1.54, 1.807) is 0 Å². The molecule has 4 nitrogen and oxygen atoms in total. The molecule has 1 aromatic heterocycles. The van der Waals surface area contributed by atoms with Crippen LogP contribution >= 0.6 is 22.6 Å². The van der Waals surface area contributed by atoms with Crippen LogP contribution < -0.4 is 5.32 Å². The van der Waals surface area contributed by atoms with Gasteiger partial charge in [0.2, 0.25) is 0 Å². The summed E-state index contributed by atoms with van der Waals surface area (Å²) in [5.41, 5.74) is 0. The molecular weight excluding hydrogens is 321 g/mol. The second kappa shape index (κ2) is 6.24. The van der Waals surface area contributed by atoms with Gasteiger partial charge in [-0.25, -0.2) is 0 Å². The third-order valence-electron chi connectivity index (χ3n) is 2.25. The van der Waals surface area contributed by atoms with Crippen molar-refractivity contribution in [3.8, 4) is 0 Å². The van der Waals surface area contributed by atoms with Gasteiger partial charge in [-0.1, -0.05) is 13.8 Å². The molecule has 0 aliphatic heterocycles. The van der Waals surface area contributed by atoms with E-state index in [2.05, 4.69) is 27.9 Å². The summed E-state index contributed by atoms with van der Waals surface area (Å²) in [5, 5.41) is 3.13. The van der Waals surface area contributed by atoms with Gasteiger partial charge < -0.3 is 9.15 Å². The van der Waals surface area contributed by atoms with Crippen LogP contribution in [0.2, 0.25) is 0 Å². The lowest BCUT2D eigenvalue weighted by atomic mass is 10.0. The molecule has 90 valence electrons. The Morgan fingerprint density at radius 2 is 2.25 bits per heavy atom. The van der Waals surface area contributed by atoms with Crippen molar-refractivity contribution in [2.45, 2.75) is 26.4 Å². The Labute approximate surface area is 109 Å². The summed E-state index contributed by atoms with van der Waals surface area (Å²) in [6, 6.07) is 3.48. The molecule has 0 aliphatic rings. The number of esters is 1. The second-order valence-corrected chi connectivity index (χ2v) is 4.89. The fourth-order valence-electron chi connectivity index (χ4n) is 1.38. The van der Waals surface area contributed by atoms with E-state index < -0.39 is 0 Å². The van der Waals surface area contributed by atoms with Crippen molar-refractivity contribution in [3.05, 3.63) is 21.7 Å². The van der Waals surface area contributed by atoms with E-state index in [0.717, 1.165) is 9.53 Å². The molecule has 0 amide bonds. The molecule has 0 aliphatic carbocycles. The van der Waals surface area contributed by atoms with Gasteiger partial charge in [0.25, 0.3) is 0 Å². The lowest BCUT2D eigenvalue weighted by molar-refractivity contribution is -0.144. The van der Waals surface area contributed by atoms with Gasteiger partial charge in [-0.05, 0) is 40.6 Å². The molecule has 0 spiro atoms. The standard InChI is InChI=1S/C11H16INO3/c1-7(2)10(11(14)15-3)13-6-8-4-5-9(12)16-8/h4-5,7,10,13H,6H2,1-3H3. The fraction of sp³-hybridized carbons (Fsp3) is 0.545. The first-order chi connectivity index (χ1) is 7.54. The zero-order valence-corrected chi connectivity index (χ0v) is 11.8. The van der Waals surface area contributed by atoms with Crippen LogP contribution in [0.1, 0.15) is 19.6 Å². The minimum Gasteiger partial charge on any atom is -0.468 e. The van der Waals surface area contributed by atoms with Gasteiger partial charge in [-0.2, -0.15) is 0 Å². The third kappa shape index (κ3) is 3.79. The first kappa shape index (κ1) is 13.5. The number of ether oxygens (including phenoxy) is 1. The maximum absolute atomic E-state index is 11.5. The van der Waals surface area contributed by atoms with Gasteiger partial charge in [0, 0.05) is 0 Å². The number of methoxy groups -OCH3 is 1. The van der Waals surface area contributed by atoms with Crippen molar-refractivity contribution in [1.29, 1.82) is 0 Å². The van der Waals surface area contributed by atoms with Crippen molar-refractivity contribution in [2.24, 2.45) is 5.92 Å². The molecule has 0 aromatic carbocycles. The Morgan fingerprint density at radius 3 is 2.69 bits per heavy atom. The van der Waals surface area contributed by atoms with Gasteiger partial charge >= 0.3 is 5.97 Å². The molecule has 16 heavy (non-hydrogen) atoms. The van der Waals surface area contributed by atoms with Gasteiger partial charge in [0.15, 0.2) is 3.77 Å². The van der Waals surface area contributed by atoms with E-state index in [9.17, 15) is 4.79 Å². The van der Waals surface area contributed by atoms with Gasteiger partial charge in [0.05, 0.1) is 13.7 Å². The van der Waals surface area contributed by atoms with E-state index in [0.29, 0.717) is 6.54 Å². The van der Waals surface area contributed by atoms with Crippen LogP contribution in [0, 0.1) is 9.68 Å². The molecule has 1 rings (SSSR count). The summed E-state index contributed by atoms with van der Waals surface area (Å²) < 4.78 is 11.0. The van der Waals surface area contributed by atoms with Gasteiger partial charge in [-0.3, -0.25) is 10.1 Å². The van der Waals surface area contributed by atoms with Gasteiger partial charge in [0.1, 0.15) is 11.8 Å². The minimum absolute atomic E-state index is 0.182. The molecule has 1 atom stereocenters. The highest BCUT2D eigenvalue weighted by atomic mass is 127. The molecule has 1 heterocycles. The number of hydrogen-bond donors (Lipinski definition) is 1. The maximum atomic E-state index is 11.5. The van der Waals surface area contributed by atoms with Crippen molar-refractivity contribution in [1.82, 2.24) is 5.32 Å². The van der Waals surface area contributed by atoms with Crippen LogP contribution in [0.5, 0.6) is 0 Å². The zero-order chi connectivity index (χ0) is 12.1. The van der Waals surface area contributed by atoms with Crippen molar-refractivity contribution in [2.75, 3.05) is 7.11 Å². The highest BCUT2D eigenvalue weighted by Crippen LogP contribution is 2.11. The maximum Gasteiger partial charge on any atom is 0.323 e. The van der Waals surface area contributed by atoms with Crippen LogP contribution in [0.3, 0.4) is 0 Å². The summed E-state index contributed by atoms with van der Waals surface area (Å²) in [4.78, 5) is 11.5. The zero-order valence-electron chi connectivity index (χ0n) is 9.62. The lowest BCUT2D eigenvalue weighted by Crippen LogP contribution is -2.41. The first-order valence-electron chi connectivity index (χ1n) is 5.10. The average molecular weight is 337 g/mol. The summed E-state index contributed by atoms with van der Waals surface area (Å²) >= 11 is 2.11. The van der Waals surface area contributed by atoms with Crippen molar-refractivity contribution in [3.63, 3.8) is 0 Å². The van der Waals surface area contributed by atoms with Crippen LogP contribution in [0.25, 0.3) is 0 Å². The number of carbonyl (C=O) groups is 1. The molecule has 0 saturated carbocycles. The van der Waals surface area contributed by atoms with Crippen LogP contribution in [-0.4, -0.2) is 19.1 Å². The minimum atomic E-state index is -0.298. The predicted octanol–water partition coefficient (Wildman–Crippen LogP) is 2.17. The monoisotopic (exact) mass is 337 g/mol. The number of carbonyl (C=O) groups excluding carboxylic acids is 1. The Bertz CT molecular complexity index is 349. The highest BCUT2D eigenvalue weighted by molar-refractivity contribution is 14.1.